The maximum atomic E-state index is 5.71. The lowest BCUT2D eigenvalue weighted by molar-refractivity contribution is -0.0423. The lowest BCUT2D eigenvalue weighted by Crippen LogP contribution is -2.40. The van der Waals surface area contributed by atoms with Crippen LogP contribution < -0.4 is 5.32 Å². The molecule has 5 heteroatoms. The zero-order valence-corrected chi connectivity index (χ0v) is 10.9. The molecule has 1 N–H and O–H groups in total. The van der Waals surface area contributed by atoms with Gasteiger partial charge in [-0.15, -0.1) is 21.5 Å². The highest BCUT2D eigenvalue weighted by Gasteiger charge is 2.23. The summed E-state index contributed by atoms with van der Waals surface area (Å²) in [5.41, 5.74) is 0. The predicted molar refractivity (Wildman–Crippen MR) is 64.5 cm³/mol. The number of rotatable bonds is 3. The molecule has 0 saturated carbocycles. The van der Waals surface area contributed by atoms with E-state index in [1.54, 1.807) is 11.3 Å². The van der Waals surface area contributed by atoms with Crippen LogP contribution in [0.5, 0.6) is 0 Å². The van der Waals surface area contributed by atoms with E-state index in [9.17, 15) is 0 Å². The summed E-state index contributed by atoms with van der Waals surface area (Å²) in [5, 5.41) is 13.8. The van der Waals surface area contributed by atoms with Crippen molar-refractivity contribution in [3.05, 3.63) is 10.0 Å². The fraction of sp³-hybridized carbons (Fsp3) is 0.818. The summed E-state index contributed by atoms with van der Waals surface area (Å²) >= 11 is 1.66. The largest absolute Gasteiger partial charge is 0.375 e. The van der Waals surface area contributed by atoms with Gasteiger partial charge in [0.15, 0.2) is 0 Å². The quantitative estimate of drug-likeness (QED) is 0.878. The van der Waals surface area contributed by atoms with Crippen LogP contribution in [0.3, 0.4) is 0 Å². The van der Waals surface area contributed by atoms with Crippen molar-refractivity contribution in [2.45, 2.75) is 58.4 Å². The monoisotopic (exact) mass is 241 g/mol. The molecule has 2 unspecified atom stereocenters. The topological polar surface area (TPSA) is 47.0 Å². The first-order valence-corrected chi connectivity index (χ1v) is 6.63. The summed E-state index contributed by atoms with van der Waals surface area (Å²) in [7, 11) is 0. The Kier molecular flexibility index (Phi) is 3.89. The summed E-state index contributed by atoms with van der Waals surface area (Å²) in [5.74, 6) is 0. The Morgan fingerprint density at radius 1 is 1.31 bits per heavy atom. The van der Waals surface area contributed by atoms with Crippen molar-refractivity contribution in [3.8, 4) is 0 Å². The minimum absolute atomic E-state index is 0.359. The minimum atomic E-state index is 0.359. The van der Waals surface area contributed by atoms with E-state index >= 15 is 0 Å². The van der Waals surface area contributed by atoms with Crippen molar-refractivity contribution in [1.29, 1.82) is 0 Å². The number of hydrogen-bond acceptors (Lipinski definition) is 5. The van der Waals surface area contributed by atoms with E-state index in [0.29, 0.717) is 18.2 Å². The van der Waals surface area contributed by atoms with Gasteiger partial charge in [-0.2, -0.15) is 0 Å². The Bertz CT molecular complexity index is 332. The molecule has 1 aromatic heterocycles. The molecule has 16 heavy (non-hydrogen) atoms. The summed E-state index contributed by atoms with van der Waals surface area (Å²) in [6, 6.07) is 0.544. The van der Waals surface area contributed by atoms with E-state index < -0.39 is 0 Å². The maximum absolute atomic E-state index is 5.71. The fourth-order valence-electron chi connectivity index (χ4n) is 2.21. The van der Waals surface area contributed by atoms with Crippen molar-refractivity contribution in [2.24, 2.45) is 0 Å². The maximum Gasteiger partial charge on any atom is 0.131 e. The normalized spacial score (nSPS) is 30.6. The second-order valence-corrected chi connectivity index (χ2v) is 5.79. The Morgan fingerprint density at radius 3 is 2.56 bits per heavy atom. The molecule has 1 fully saturated rings. The predicted octanol–water partition coefficient (Wildman–Crippen LogP) is 1.89. The molecule has 0 spiro atoms. The standard InChI is InChI=1S/C11H19N3OS/c1-7-4-10(5-8(2)15-7)12-6-11-14-13-9(3)16-11/h7-8,10,12H,4-6H2,1-3H3. The summed E-state index contributed by atoms with van der Waals surface area (Å²) in [6.45, 7) is 7.09. The van der Waals surface area contributed by atoms with Gasteiger partial charge in [0.1, 0.15) is 10.0 Å². The molecular weight excluding hydrogens is 222 g/mol. The highest BCUT2D eigenvalue weighted by molar-refractivity contribution is 7.11. The Labute approximate surface area is 100 Å². The molecule has 4 nitrogen and oxygen atoms in total. The van der Waals surface area contributed by atoms with Crippen LogP contribution in [0.25, 0.3) is 0 Å². The average molecular weight is 241 g/mol. The number of nitrogens with one attached hydrogen (secondary N) is 1. The van der Waals surface area contributed by atoms with Crippen molar-refractivity contribution in [3.63, 3.8) is 0 Å². The van der Waals surface area contributed by atoms with Gasteiger partial charge in [0.05, 0.1) is 12.2 Å². The van der Waals surface area contributed by atoms with E-state index in [4.69, 9.17) is 4.74 Å². The molecule has 1 aromatic rings. The molecule has 1 saturated heterocycles. The van der Waals surface area contributed by atoms with Gasteiger partial charge < -0.3 is 10.1 Å². The van der Waals surface area contributed by atoms with Gasteiger partial charge in [0.2, 0.25) is 0 Å². The van der Waals surface area contributed by atoms with E-state index in [-0.39, 0.29) is 0 Å². The van der Waals surface area contributed by atoms with E-state index in [0.717, 1.165) is 29.4 Å². The summed E-state index contributed by atoms with van der Waals surface area (Å²) in [6.07, 6.45) is 2.89. The lowest BCUT2D eigenvalue weighted by Gasteiger charge is -2.32. The van der Waals surface area contributed by atoms with Crippen LogP contribution in [0.2, 0.25) is 0 Å². The van der Waals surface area contributed by atoms with Gasteiger partial charge >= 0.3 is 0 Å². The van der Waals surface area contributed by atoms with Crippen molar-refractivity contribution in [1.82, 2.24) is 15.5 Å². The van der Waals surface area contributed by atoms with Crippen molar-refractivity contribution in [2.75, 3.05) is 0 Å². The zero-order valence-electron chi connectivity index (χ0n) is 10.1. The molecule has 0 aromatic carbocycles. The van der Waals surface area contributed by atoms with Crippen molar-refractivity contribution >= 4 is 11.3 Å². The van der Waals surface area contributed by atoms with E-state index in [1.165, 1.54) is 0 Å². The Morgan fingerprint density at radius 2 is 2.00 bits per heavy atom. The third-order valence-electron chi connectivity index (χ3n) is 2.81. The molecule has 1 aliphatic heterocycles. The van der Waals surface area contributed by atoms with Crippen LogP contribution in [0, 0.1) is 6.92 Å². The molecular formula is C11H19N3OS. The molecule has 2 atom stereocenters. The number of nitrogens with zero attached hydrogens (tertiary/aromatic N) is 2. The minimum Gasteiger partial charge on any atom is -0.375 e. The average Bonchev–Trinajstić information content (AvgIpc) is 2.60. The number of aryl methyl sites for hydroxylation is 1. The third-order valence-corrected chi connectivity index (χ3v) is 3.65. The molecule has 2 heterocycles. The van der Waals surface area contributed by atoms with Crippen LogP contribution in [-0.2, 0) is 11.3 Å². The van der Waals surface area contributed by atoms with Gasteiger partial charge in [-0.3, -0.25) is 0 Å². The lowest BCUT2D eigenvalue weighted by atomic mass is 10.00. The van der Waals surface area contributed by atoms with Gasteiger partial charge in [-0.1, -0.05) is 0 Å². The van der Waals surface area contributed by atoms with Crippen LogP contribution in [0.1, 0.15) is 36.7 Å². The zero-order chi connectivity index (χ0) is 11.5. The molecule has 0 amide bonds. The van der Waals surface area contributed by atoms with Gasteiger partial charge in [-0.05, 0) is 33.6 Å². The van der Waals surface area contributed by atoms with Gasteiger partial charge in [0.25, 0.3) is 0 Å². The Balaban J connectivity index is 1.81. The van der Waals surface area contributed by atoms with Crippen LogP contribution >= 0.6 is 11.3 Å². The smallest absolute Gasteiger partial charge is 0.131 e. The van der Waals surface area contributed by atoms with Crippen molar-refractivity contribution < 1.29 is 4.74 Å². The molecule has 90 valence electrons. The highest BCUT2D eigenvalue weighted by atomic mass is 32.1. The SMILES string of the molecule is Cc1nnc(CNC2CC(C)OC(C)C2)s1. The third kappa shape index (κ3) is 3.23. The molecule has 0 bridgehead atoms. The number of hydrogen-bond donors (Lipinski definition) is 1. The number of aromatic nitrogens is 2. The molecule has 0 aliphatic carbocycles. The van der Waals surface area contributed by atoms with E-state index in [2.05, 4.69) is 29.4 Å². The van der Waals surface area contributed by atoms with Crippen LogP contribution in [0.15, 0.2) is 0 Å². The first kappa shape index (κ1) is 12.0. The second-order valence-electron chi connectivity index (χ2n) is 4.52. The number of ether oxygens (including phenoxy) is 1. The summed E-state index contributed by atoms with van der Waals surface area (Å²) in [4.78, 5) is 0. The van der Waals surface area contributed by atoms with Gasteiger partial charge in [0, 0.05) is 12.6 Å². The summed E-state index contributed by atoms with van der Waals surface area (Å²) < 4.78 is 5.71. The van der Waals surface area contributed by atoms with Gasteiger partial charge in [-0.25, -0.2) is 0 Å². The fourth-order valence-corrected chi connectivity index (χ4v) is 2.87. The Hall–Kier alpha value is -0.520. The van der Waals surface area contributed by atoms with E-state index in [1.807, 2.05) is 6.92 Å². The second kappa shape index (κ2) is 5.21. The van der Waals surface area contributed by atoms with Crippen LogP contribution in [-0.4, -0.2) is 28.4 Å². The van der Waals surface area contributed by atoms with Crippen LogP contribution in [0.4, 0.5) is 0 Å². The molecule has 1 aliphatic rings. The first-order valence-electron chi connectivity index (χ1n) is 5.81. The first-order chi connectivity index (χ1) is 7.63. The highest BCUT2D eigenvalue weighted by Crippen LogP contribution is 2.19. The molecule has 0 radical (unpaired) electrons. The molecule has 2 rings (SSSR count).